The Kier molecular flexibility index (Phi) is 2.86. The van der Waals surface area contributed by atoms with Gasteiger partial charge in [0, 0.05) is 45.3 Å². The molecule has 0 spiro atoms. The van der Waals surface area contributed by atoms with Gasteiger partial charge < -0.3 is 10.2 Å². The number of hydrogen-bond donors (Lipinski definition) is 1. The predicted molar refractivity (Wildman–Crippen MR) is 77.9 cm³/mol. The summed E-state index contributed by atoms with van der Waals surface area (Å²) in [5, 5.41) is 6.70. The molecule has 0 radical (unpaired) electrons. The van der Waals surface area contributed by atoms with Crippen LogP contribution < -0.4 is 10.2 Å². The van der Waals surface area contributed by atoms with Crippen molar-refractivity contribution in [2.24, 2.45) is 0 Å². The molecule has 0 atom stereocenters. The van der Waals surface area contributed by atoms with Crippen molar-refractivity contribution < 1.29 is 0 Å². The summed E-state index contributed by atoms with van der Waals surface area (Å²) in [7, 11) is 0. The van der Waals surface area contributed by atoms with Crippen molar-refractivity contribution in [1.82, 2.24) is 20.2 Å². The Balaban J connectivity index is 1.49. The average Bonchev–Trinajstić information content (AvgIpc) is 2.87. The van der Waals surface area contributed by atoms with Gasteiger partial charge in [0.15, 0.2) is 0 Å². The summed E-state index contributed by atoms with van der Waals surface area (Å²) in [5.41, 5.74) is 0. The number of piperazine rings is 1. The topological polar surface area (TPSA) is 44.3 Å². The lowest BCUT2D eigenvalue weighted by Gasteiger charge is -2.47. The van der Waals surface area contributed by atoms with E-state index in [0.717, 1.165) is 36.8 Å². The van der Waals surface area contributed by atoms with Crippen molar-refractivity contribution in [3.63, 3.8) is 0 Å². The summed E-state index contributed by atoms with van der Waals surface area (Å²) in [4.78, 5) is 14.9. The van der Waals surface area contributed by atoms with Gasteiger partial charge in [0.2, 0.25) is 0 Å². The lowest BCUT2D eigenvalue weighted by Crippen LogP contribution is -2.63. The Morgan fingerprint density at radius 1 is 1.21 bits per heavy atom. The molecule has 4 heterocycles. The molecule has 2 saturated heterocycles. The maximum absolute atomic E-state index is 4.47. The largest absolute Gasteiger partial charge is 0.353 e. The van der Waals surface area contributed by atoms with Gasteiger partial charge >= 0.3 is 0 Å². The van der Waals surface area contributed by atoms with E-state index in [1.807, 2.05) is 0 Å². The van der Waals surface area contributed by atoms with E-state index >= 15 is 0 Å². The highest BCUT2D eigenvalue weighted by molar-refractivity contribution is 7.16. The Hall–Kier alpha value is -1.24. The minimum absolute atomic E-state index is 0.700. The lowest BCUT2D eigenvalue weighted by molar-refractivity contribution is 0.147. The smallest absolute Gasteiger partial charge is 0.140 e. The molecular weight excluding hydrogens is 258 g/mol. The van der Waals surface area contributed by atoms with Crippen molar-refractivity contribution in [1.29, 1.82) is 0 Å². The van der Waals surface area contributed by atoms with Gasteiger partial charge in [0.25, 0.3) is 0 Å². The van der Waals surface area contributed by atoms with Gasteiger partial charge in [-0.25, -0.2) is 9.97 Å². The van der Waals surface area contributed by atoms with Crippen molar-refractivity contribution >= 4 is 27.4 Å². The Morgan fingerprint density at radius 3 is 2.89 bits per heavy atom. The number of anilines is 1. The van der Waals surface area contributed by atoms with Crippen LogP contribution in [-0.4, -0.2) is 60.2 Å². The van der Waals surface area contributed by atoms with Crippen LogP contribution in [0.15, 0.2) is 17.8 Å². The second-order valence-corrected chi connectivity index (χ2v) is 6.08. The van der Waals surface area contributed by atoms with Crippen LogP contribution in [0.3, 0.4) is 0 Å². The quantitative estimate of drug-likeness (QED) is 0.878. The van der Waals surface area contributed by atoms with Crippen LogP contribution in [0, 0.1) is 0 Å². The first-order valence-electron chi connectivity index (χ1n) is 6.80. The third-order valence-electron chi connectivity index (χ3n) is 4.07. The number of thiophene rings is 1. The summed E-state index contributed by atoms with van der Waals surface area (Å²) >= 11 is 1.69. The van der Waals surface area contributed by atoms with E-state index in [9.17, 15) is 0 Å². The van der Waals surface area contributed by atoms with Crippen LogP contribution in [-0.2, 0) is 0 Å². The molecule has 1 N–H and O–H groups in total. The predicted octanol–water partition coefficient (Wildman–Crippen LogP) is 0.785. The number of fused-ring (bicyclic) bond motifs is 1. The first-order chi connectivity index (χ1) is 9.42. The highest BCUT2D eigenvalue weighted by atomic mass is 32.1. The maximum Gasteiger partial charge on any atom is 0.140 e. The molecule has 19 heavy (non-hydrogen) atoms. The zero-order valence-corrected chi connectivity index (χ0v) is 11.6. The highest BCUT2D eigenvalue weighted by Crippen LogP contribution is 2.30. The van der Waals surface area contributed by atoms with E-state index in [-0.39, 0.29) is 0 Å². The number of aromatic nitrogens is 2. The molecule has 0 aliphatic carbocycles. The molecule has 0 aromatic carbocycles. The monoisotopic (exact) mass is 275 g/mol. The molecule has 2 aliphatic rings. The van der Waals surface area contributed by atoms with Crippen LogP contribution in [0.25, 0.3) is 10.2 Å². The highest BCUT2D eigenvalue weighted by Gasteiger charge is 2.33. The van der Waals surface area contributed by atoms with Crippen LogP contribution in [0.2, 0.25) is 0 Å². The minimum atomic E-state index is 0.700. The van der Waals surface area contributed by atoms with Crippen LogP contribution in [0.1, 0.15) is 0 Å². The number of rotatable bonds is 2. The van der Waals surface area contributed by atoms with Gasteiger partial charge in [-0.2, -0.15) is 0 Å². The first kappa shape index (κ1) is 11.6. The molecule has 2 aliphatic heterocycles. The molecule has 2 fully saturated rings. The second kappa shape index (κ2) is 4.70. The molecule has 0 bridgehead atoms. The SMILES string of the molecule is c1nc(N2CC(N3CCNCC3)C2)c2ccsc2n1. The summed E-state index contributed by atoms with van der Waals surface area (Å²) in [6, 6.07) is 2.83. The lowest BCUT2D eigenvalue weighted by atomic mass is 10.1. The molecule has 0 saturated carbocycles. The zero-order chi connectivity index (χ0) is 12.7. The van der Waals surface area contributed by atoms with Gasteiger partial charge in [-0.1, -0.05) is 0 Å². The normalized spacial score (nSPS) is 21.8. The van der Waals surface area contributed by atoms with Gasteiger partial charge in [-0.05, 0) is 11.4 Å². The van der Waals surface area contributed by atoms with E-state index in [1.54, 1.807) is 17.7 Å². The summed E-state index contributed by atoms with van der Waals surface area (Å²) < 4.78 is 0. The van der Waals surface area contributed by atoms with E-state index in [0.29, 0.717) is 6.04 Å². The molecule has 4 rings (SSSR count). The summed E-state index contributed by atoms with van der Waals surface area (Å²) in [6.45, 7) is 6.80. The molecule has 0 unspecified atom stereocenters. The first-order valence-corrected chi connectivity index (χ1v) is 7.68. The zero-order valence-electron chi connectivity index (χ0n) is 10.7. The van der Waals surface area contributed by atoms with E-state index < -0.39 is 0 Å². The van der Waals surface area contributed by atoms with E-state index in [1.165, 1.54) is 18.5 Å². The Labute approximate surface area is 116 Å². The number of nitrogens with one attached hydrogen (secondary N) is 1. The fourth-order valence-electron chi connectivity index (χ4n) is 2.94. The van der Waals surface area contributed by atoms with Crippen molar-refractivity contribution in [3.05, 3.63) is 17.8 Å². The van der Waals surface area contributed by atoms with Crippen molar-refractivity contribution in [2.75, 3.05) is 44.2 Å². The third-order valence-corrected chi connectivity index (χ3v) is 4.89. The minimum Gasteiger partial charge on any atom is -0.353 e. The maximum atomic E-state index is 4.47. The van der Waals surface area contributed by atoms with E-state index in [2.05, 4.69) is 36.5 Å². The number of hydrogen-bond acceptors (Lipinski definition) is 6. The summed E-state index contributed by atoms with van der Waals surface area (Å²) in [6.07, 6.45) is 1.69. The molecule has 2 aromatic rings. The van der Waals surface area contributed by atoms with E-state index in [4.69, 9.17) is 0 Å². The van der Waals surface area contributed by atoms with Crippen molar-refractivity contribution in [3.8, 4) is 0 Å². The van der Waals surface area contributed by atoms with Gasteiger partial charge in [-0.3, -0.25) is 4.90 Å². The second-order valence-electron chi connectivity index (χ2n) is 5.18. The van der Waals surface area contributed by atoms with Crippen molar-refractivity contribution in [2.45, 2.75) is 6.04 Å². The van der Waals surface area contributed by atoms with Crippen LogP contribution in [0.4, 0.5) is 5.82 Å². The molecule has 0 amide bonds. The fraction of sp³-hybridized carbons (Fsp3) is 0.538. The van der Waals surface area contributed by atoms with Gasteiger partial charge in [0.05, 0.1) is 5.39 Å². The Morgan fingerprint density at radius 2 is 2.05 bits per heavy atom. The standard InChI is InChI=1S/C13H17N5S/c1-6-19-13-11(1)12(15-9-16-13)18-7-10(8-18)17-4-2-14-3-5-17/h1,6,9-10,14H,2-5,7-8H2. The number of nitrogens with zero attached hydrogens (tertiary/aromatic N) is 4. The molecule has 100 valence electrons. The third kappa shape index (κ3) is 2.00. The van der Waals surface area contributed by atoms with Crippen LogP contribution >= 0.6 is 11.3 Å². The molecule has 5 nitrogen and oxygen atoms in total. The van der Waals surface area contributed by atoms with Crippen LogP contribution in [0.5, 0.6) is 0 Å². The molecule has 6 heteroatoms. The van der Waals surface area contributed by atoms with Gasteiger partial charge in [0.1, 0.15) is 17.0 Å². The molecular formula is C13H17N5S. The fourth-order valence-corrected chi connectivity index (χ4v) is 3.66. The Bertz CT molecular complexity index is 571. The summed E-state index contributed by atoms with van der Waals surface area (Å²) in [5.74, 6) is 1.11. The van der Waals surface area contributed by atoms with Gasteiger partial charge in [-0.15, -0.1) is 11.3 Å². The molecule has 2 aromatic heterocycles. The average molecular weight is 275 g/mol.